The van der Waals surface area contributed by atoms with E-state index in [1.165, 1.54) is 7.11 Å². The van der Waals surface area contributed by atoms with Gasteiger partial charge in [0.2, 0.25) is 0 Å². The first-order chi connectivity index (χ1) is 9.61. The van der Waals surface area contributed by atoms with Crippen LogP contribution in [0, 0.1) is 0 Å². The number of nitrogens with two attached hydrogens (primary N) is 1. The number of carbonyl (C=O) groups is 1. The molecule has 4 nitrogen and oxygen atoms in total. The Morgan fingerprint density at radius 2 is 2.05 bits per heavy atom. The van der Waals surface area contributed by atoms with Gasteiger partial charge in [0.05, 0.1) is 7.11 Å². The minimum Gasteiger partial charge on any atom is -0.508 e. The summed E-state index contributed by atoms with van der Waals surface area (Å²) >= 11 is 0. The van der Waals surface area contributed by atoms with Gasteiger partial charge < -0.3 is 15.6 Å². The maximum atomic E-state index is 11.1. The molecule has 0 radical (unpaired) electrons. The third kappa shape index (κ3) is 3.27. The van der Waals surface area contributed by atoms with Crippen molar-refractivity contribution in [3.63, 3.8) is 0 Å². The minimum atomic E-state index is -0.261. The largest absolute Gasteiger partial charge is 0.508 e. The number of aromatic hydroxyl groups is 1. The van der Waals surface area contributed by atoms with E-state index in [1.807, 2.05) is 30.3 Å². The highest BCUT2D eigenvalue weighted by atomic mass is 16.5. The van der Waals surface area contributed by atoms with Crippen LogP contribution in [0.2, 0.25) is 0 Å². The van der Waals surface area contributed by atoms with Gasteiger partial charge in [-0.1, -0.05) is 30.3 Å². The molecule has 0 saturated heterocycles. The van der Waals surface area contributed by atoms with Gasteiger partial charge in [-0.05, 0) is 29.7 Å². The number of fused-ring (bicyclic) bond motifs is 1. The van der Waals surface area contributed by atoms with Crippen LogP contribution in [0.1, 0.15) is 18.4 Å². The highest BCUT2D eigenvalue weighted by molar-refractivity contribution is 5.87. The summed E-state index contributed by atoms with van der Waals surface area (Å²) in [5, 5.41) is 12.1. The smallest absolute Gasteiger partial charge is 0.305 e. The maximum Gasteiger partial charge on any atom is 0.305 e. The van der Waals surface area contributed by atoms with Crippen LogP contribution < -0.4 is 5.73 Å². The van der Waals surface area contributed by atoms with Gasteiger partial charge in [0.1, 0.15) is 5.75 Å². The monoisotopic (exact) mass is 273 g/mol. The van der Waals surface area contributed by atoms with E-state index in [-0.39, 0.29) is 17.8 Å². The van der Waals surface area contributed by atoms with Gasteiger partial charge >= 0.3 is 5.97 Å². The third-order valence-corrected chi connectivity index (χ3v) is 3.43. The molecule has 0 bridgehead atoms. The Morgan fingerprint density at radius 1 is 1.30 bits per heavy atom. The van der Waals surface area contributed by atoms with Gasteiger partial charge in [0, 0.05) is 18.0 Å². The van der Waals surface area contributed by atoms with E-state index in [0.29, 0.717) is 19.3 Å². The number of phenols is 1. The van der Waals surface area contributed by atoms with Crippen molar-refractivity contribution in [2.45, 2.75) is 25.3 Å². The molecule has 2 rings (SSSR count). The SMILES string of the molecule is COC(=O)CCC(N)Cc1c(O)ccc2ccccc12. The Balaban J connectivity index is 2.16. The molecule has 0 aromatic heterocycles. The van der Waals surface area contributed by atoms with E-state index in [0.717, 1.165) is 16.3 Å². The maximum absolute atomic E-state index is 11.1. The van der Waals surface area contributed by atoms with Crippen LogP contribution in [-0.4, -0.2) is 24.2 Å². The van der Waals surface area contributed by atoms with E-state index in [4.69, 9.17) is 5.73 Å². The van der Waals surface area contributed by atoms with E-state index >= 15 is 0 Å². The van der Waals surface area contributed by atoms with Gasteiger partial charge in [0.25, 0.3) is 0 Å². The van der Waals surface area contributed by atoms with Crippen LogP contribution in [0.15, 0.2) is 36.4 Å². The Labute approximate surface area is 118 Å². The fourth-order valence-electron chi connectivity index (χ4n) is 2.31. The molecule has 1 unspecified atom stereocenters. The molecule has 3 N–H and O–H groups in total. The highest BCUT2D eigenvalue weighted by Gasteiger charge is 2.13. The number of esters is 1. The Hall–Kier alpha value is -2.07. The number of hydrogen-bond donors (Lipinski definition) is 2. The van der Waals surface area contributed by atoms with Gasteiger partial charge in [0.15, 0.2) is 0 Å². The molecule has 20 heavy (non-hydrogen) atoms. The summed E-state index contributed by atoms with van der Waals surface area (Å²) in [7, 11) is 1.37. The number of ether oxygens (including phenoxy) is 1. The number of carbonyl (C=O) groups excluding carboxylic acids is 1. The van der Waals surface area contributed by atoms with E-state index < -0.39 is 0 Å². The van der Waals surface area contributed by atoms with Crippen molar-refractivity contribution in [1.82, 2.24) is 0 Å². The van der Waals surface area contributed by atoms with Crippen molar-refractivity contribution in [2.75, 3.05) is 7.11 Å². The van der Waals surface area contributed by atoms with Crippen LogP contribution in [0.5, 0.6) is 5.75 Å². The molecule has 0 aliphatic carbocycles. The average Bonchev–Trinajstić information content (AvgIpc) is 2.47. The number of benzene rings is 2. The Kier molecular flexibility index (Phi) is 4.58. The van der Waals surface area contributed by atoms with E-state index in [9.17, 15) is 9.90 Å². The zero-order valence-corrected chi connectivity index (χ0v) is 11.5. The Bertz CT molecular complexity index is 610. The van der Waals surface area contributed by atoms with E-state index in [1.54, 1.807) is 6.07 Å². The molecule has 0 saturated carbocycles. The first kappa shape index (κ1) is 14.3. The standard InChI is InChI=1S/C16H19NO3/c1-20-16(19)9-7-12(17)10-14-13-5-3-2-4-11(13)6-8-15(14)18/h2-6,8,12,18H,7,9-10,17H2,1H3. The lowest BCUT2D eigenvalue weighted by Gasteiger charge is -2.14. The fraction of sp³-hybridized carbons (Fsp3) is 0.312. The van der Waals surface area contributed by atoms with Crippen LogP contribution in [0.3, 0.4) is 0 Å². The molecule has 0 amide bonds. The number of phenolic OH excluding ortho intramolecular Hbond substituents is 1. The lowest BCUT2D eigenvalue weighted by Crippen LogP contribution is -2.24. The minimum absolute atomic E-state index is 0.189. The second kappa shape index (κ2) is 6.39. The molecular formula is C16H19NO3. The molecule has 106 valence electrons. The summed E-state index contributed by atoms with van der Waals surface area (Å²) in [5.41, 5.74) is 6.88. The van der Waals surface area contributed by atoms with Gasteiger partial charge in [-0.2, -0.15) is 0 Å². The van der Waals surface area contributed by atoms with Crippen LogP contribution in [0.4, 0.5) is 0 Å². The summed E-state index contributed by atoms with van der Waals surface area (Å²) < 4.78 is 4.60. The molecule has 2 aromatic carbocycles. The molecule has 0 heterocycles. The second-order valence-corrected chi connectivity index (χ2v) is 4.86. The molecule has 2 aromatic rings. The van der Waals surface area contributed by atoms with Gasteiger partial charge in [-0.3, -0.25) is 4.79 Å². The predicted octanol–water partition coefficient (Wildman–Crippen LogP) is 2.37. The van der Waals surface area contributed by atoms with Gasteiger partial charge in [-0.15, -0.1) is 0 Å². The summed E-state index contributed by atoms with van der Waals surface area (Å²) in [6.07, 6.45) is 1.36. The van der Waals surface area contributed by atoms with Crippen LogP contribution in [0.25, 0.3) is 10.8 Å². The van der Waals surface area contributed by atoms with Crippen molar-refractivity contribution < 1.29 is 14.6 Å². The summed E-state index contributed by atoms with van der Waals surface area (Å²) in [4.78, 5) is 11.1. The summed E-state index contributed by atoms with van der Waals surface area (Å²) in [6, 6.07) is 11.2. The van der Waals surface area contributed by atoms with Crippen molar-refractivity contribution in [3.05, 3.63) is 42.0 Å². The number of rotatable bonds is 5. The zero-order chi connectivity index (χ0) is 14.5. The molecule has 0 aliphatic rings. The lowest BCUT2D eigenvalue weighted by atomic mass is 9.96. The third-order valence-electron chi connectivity index (χ3n) is 3.43. The quantitative estimate of drug-likeness (QED) is 0.820. The first-order valence-corrected chi connectivity index (χ1v) is 6.64. The van der Waals surface area contributed by atoms with E-state index in [2.05, 4.69) is 4.74 Å². The molecule has 4 heteroatoms. The normalized spacial score (nSPS) is 12.3. The van der Waals surface area contributed by atoms with Crippen LogP contribution >= 0.6 is 0 Å². The molecule has 0 aliphatic heterocycles. The highest BCUT2D eigenvalue weighted by Crippen LogP contribution is 2.28. The van der Waals surface area contributed by atoms with Crippen molar-refractivity contribution in [1.29, 1.82) is 0 Å². The first-order valence-electron chi connectivity index (χ1n) is 6.64. The van der Waals surface area contributed by atoms with Crippen molar-refractivity contribution in [2.24, 2.45) is 5.73 Å². The summed E-state index contributed by atoms with van der Waals surface area (Å²) in [5.74, 6) is -0.0141. The number of hydrogen-bond acceptors (Lipinski definition) is 4. The molecule has 0 spiro atoms. The molecular weight excluding hydrogens is 254 g/mol. The van der Waals surface area contributed by atoms with Crippen molar-refractivity contribution >= 4 is 16.7 Å². The molecule has 0 fully saturated rings. The van der Waals surface area contributed by atoms with Crippen molar-refractivity contribution in [3.8, 4) is 5.75 Å². The fourth-order valence-corrected chi connectivity index (χ4v) is 2.31. The number of methoxy groups -OCH3 is 1. The topological polar surface area (TPSA) is 72.5 Å². The zero-order valence-electron chi connectivity index (χ0n) is 11.5. The lowest BCUT2D eigenvalue weighted by molar-refractivity contribution is -0.140. The Morgan fingerprint density at radius 3 is 2.80 bits per heavy atom. The summed E-state index contributed by atoms with van der Waals surface area (Å²) in [6.45, 7) is 0. The second-order valence-electron chi connectivity index (χ2n) is 4.86. The van der Waals surface area contributed by atoms with Crippen LogP contribution in [-0.2, 0) is 16.0 Å². The van der Waals surface area contributed by atoms with Gasteiger partial charge in [-0.25, -0.2) is 0 Å². The molecule has 1 atom stereocenters. The predicted molar refractivity (Wildman–Crippen MR) is 78.5 cm³/mol. The average molecular weight is 273 g/mol.